The second-order valence-corrected chi connectivity index (χ2v) is 7.10. The number of carbonyl (C=O) groups excluding carboxylic acids is 2. The van der Waals surface area contributed by atoms with E-state index in [4.69, 9.17) is 5.11 Å². The summed E-state index contributed by atoms with van der Waals surface area (Å²) in [6, 6.07) is -1.10. The molecule has 6 heteroatoms. The van der Waals surface area contributed by atoms with Gasteiger partial charge in [0.05, 0.1) is 6.42 Å². The molecule has 136 valence electrons. The Labute approximate surface area is 144 Å². The van der Waals surface area contributed by atoms with Crippen molar-refractivity contribution in [3.05, 3.63) is 0 Å². The Morgan fingerprint density at radius 1 is 1.12 bits per heavy atom. The van der Waals surface area contributed by atoms with E-state index in [0.29, 0.717) is 19.0 Å². The third kappa shape index (κ3) is 4.71. The van der Waals surface area contributed by atoms with Gasteiger partial charge in [-0.25, -0.2) is 4.79 Å². The van der Waals surface area contributed by atoms with Gasteiger partial charge in [0, 0.05) is 13.1 Å². The van der Waals surface area contributed by atoms with Crippen LogP contribution in [0.15, 0.2) is 0 Å². The van der Waals surface area contributed by atoms with Crippen molar-refractivity contribution in [2.45, 2.75) is 77.2 Å². The van der Waals surface area contributed by atoms with Gasteiger partial charge in [-0.1, -0.05) is 45.4 Å². The van der Waals surface area contributed by atoms with Crippen LogP contribution in [0, 0.1) is 5.92 Å². The van der Waals surface area contributed by atoms with Gasteiger partial charge in [-0.05, 0) is 25.2 Å². The van der Waals surface area contributed by atoms with E-state index in [1.165, 1.54) is 16.2 Å². The zero-order valence-electron chi connectivity index (χ0n) is 14.7. The summed E-state index contributed by atoms with van der Waals surface area (Å²) in [6.07, 6.45) is 9.34. The molecule has 2 aliphatic rings. The third-order valence-electron chi connectivity index (χ3n) is 5.19. The Morgan fingerprint density at radius 2 is 1.83 bits per heavy atom. The van der Waals surface area contributed by atoms with Crippen molar-refractivity contribution in [3.63, 3.8) is 0 Å². The maximum absolute atomic E-state index is 12.7. The Kier molecular flexibility index (Phi) is 7.06. The van der Waals surface area contributed by atoms with E-state index in [-0.39, 0.29) is 18.4 Å². The van der Waals surface area contributed by atoms with Crippen LogP contribution in [0.1, 0.15) is 71.1 Å². The van der Waals surface area contributed by atoms with Crippen molar-refractivity contribution in [3.8, 4) is 0 Å². The molecule has 1 saturated heterocycles. The van der Waals surface area contributed by atoms with Gasteiger partial charge in [0.2, 0.25) is 0 Å². The van der Waals surface area contributed by atoms with Crippen LogP contribution >= 0.6 is 0 Å². The van der Waals surface area contributed by atoms with Crippen molar-refractivity contribution < 1.29 is 19.5 Å². The molecule has 1 saturated carbocycles. The summed E-state index contributed by atoms with van der Waals surface area (Å²) in [5.41, 5.74) is 0. The molecular formula is C18H30N2O4. The number of aliphatic carboxylic acids is 1. The van der Waals surface area contributed by atoms with E-state index in [1.54, 1.807) is 0 Å². The molecule has 0 aromatic rings. The highest BCUT2D eigenvalue weighted by Gasteiger charge is 2.46. The van der Waals surface area contributed by atoms with Gasteiger partial charge in [0.25, 0.3) is 5.91 Å². The van der Waals surface area contributed by atoms with Crippen LogP contribution in [0.25, 0.3) is 0 Å². The molecule has 1 aliphatic heterocycles. The fraction of sp³-hybridized carbons (Fsp3) is 0.833. The summed E-state index contributed by atoms with van der Waals surface area (Å²) >= 11 is 0. The molecule has 2 fully saturated rings. The van der Waals surface area contributed by atoms with Crippen LogP contribution < -0.4 is 0 Å². The number of hydrogen-bond donors (Lipinski definition) is 1. The van der Waals surface area contributed by atoms with E-state index in [2.05, 4.69) is 6.92 Å². The minimum Gasteiger partial charge on any atom is -0.481 e. The molecule has 1 N–H and O–H groups in total. The third-order valence-corrected chi connectivity index (χ3v) is 5.19. The van der Waals surface area contributed by atoms with Crippen LogP contribution in [-0.2, 0) is 9.59 Å². The van der Waals surface area contributed by atoms with Gasteiger partial charge in [0.15, 0.2) is 0 Å². The number of carboxylic acid groups (broad SMARTS) is 1. The van der Waals surface area contributed by atoms with Crippen LogP contribution in [-0.4, -0.2) is 51.9 Å². The Balaban J connectivity index is 2.02. The lowest BCUT2D eigenvalue weighted by Gasteiger charge is -2.28. The van der Waals surface area contributed by atoms with Crippen molar-refractivity contribution >= 4 is 17.9 Å². The number of imide groups is 1. The van der Waals surface area contributed by atoms with E-state index in [0.717, 1.165) is 51.4 Å². The number of urea groups is 1. The summed E-state index contributed by atoms with van der Waals surface area (Å²) < 4.78 is 0. The molecule has 0 aromatic heterocycles. The molecule has 0 bridgehead atoms. The number of rotatable bonds is 9. The van der Waals surface area contributed by atoms with Crippen LogP contribution in [0.5, 0.6) is 0 Å². The molecule has 1 aliphatic carbocycles. The smallest absolute Gasteiger partial charge is 0.327 e. The highest BCUT2D eigenvalue weighted by molar-refractivity contribution is 6.05. The highest BCUT2D eigenvalue weighted by atomic mass is 16.4. The van der Waals surface area contributed by atoms with Gasteiger partial charge in [-0.3, -0.25) is 14.5 Å². The molecule has 1 atom stereocenters. The Bertz CT molecular complexity index is 460. The van der Waals surface area contributed by atoms with Gasteiger partial charge in [-0.2, -0.15) is 0 Å². The molecule has 0 aromatic carbocycles. The Morgan fingerprint density at radius 3 is 2.46 bits per heavy atom. The molecule has 0 unspecified atom stereocenters. The average Bonchev–Trinajstić information content (AvgIpc) is 2.77. The lowest BCUT2D eigenvalue weighted by molar-refractivity contribution is -0.141. The van der Waals surface area contributed by atoms with Crippen LogP contribution in [0.4, 0.5) is 4.79 Å². The molecule has 24 heavy (non-hydrogen) atoms. The largest absolute Gasteiger partial charge is 0.481 e. The first kappa shape index (κ1) is 18.7. The summed E-state index contributed by atoms with van der Waals surface area (Å²) in [5.74, 6) is -0.954. The summed E-state index contributed by atoms with van der Waals surface area (Å²) in [7, 11) is 0. The molecular weight excluding hydrogens is 308 g/mol. The van der Waals surface area contributed by atoms with Crippen LogP contribution in [0.2, 0.25) is 0 Å². The number of amides is 3. The van der Waals surface area contributed by atoms with E-state index < -0.39 is 12.0 Å². The van der Waals surface area contributed by atoms with Crippen molar-refractivity contribution in [1.82, 2.24) is 9.80 Å². The highest BCUT2D eigenvalue weighted by Crippen LogP contribution is 2.29. The minimum atomic E-state index is -1.03. The van der Waals surface area contributed by atoms with Gasteiger partial charge >= 0.3 is 12.0 Å². The monoisotopic (exact) mass is 338 g/mol. The first-order chi connectivity index (χ1) is 11.5. The molecule has 0 spiro atoms. The predicted octanol–water partition coefficient (Wildman–Crippen LogP) is 3.25. The number of carboxylic acids is 1. The number of hydrogen-bond acceptors (Lipinski definition) is 3. The fourth-order valence-corrected chi connectivity index (χ4v) is 3.81. The topological polar surface area (TPSA) is 77.9 Å². The lowest BCUT2D eigenvalue weighted by atomic mass is 9.88. The zero-order chi connectivity index (χ0) is 17.5. The van der Waals surface area contributed by atoms with Crippen LogP contribution in [0.3, 0.4) is 0 Å². The molecule has 0 radical (unpaired) electrons. The van der Waals surface area contributed by atoms with Gasteiger partial charge in [-0.15, -0.1) is 0 Å². The Hall–Kier alpha value is -1.59. The molecule has 2 rings (SSSR count). The zero-order valence-corrected chi connectivity index (χ0v) is 14.7. The minimum absolute atomic E-state index is 0.284. The molecule has 1 heterocycles. The van der Waals surface area contributed by atoms with Crippen molar-refractivity contribution in [1.29, 1.82) is 0 Å². The summed E-state index contributed by atoms with van der Waals surface area (Å²) in [5, 5.41) is 9.13. The second kappa shape index (κ2) is 9.04. The number of carbonyl (C=O) groups is 3. The second-order valence-electron chi connectivity index (χ2n) is 7.10. The SMILES string of the molecule is CCCCCCN1C(=O)[C@H](CC(=O)O)N(CC2CCCCC2)C1=O. The maximum atomic E-state index is 12.7. The lowest BCUT2D eigenvalue weighted by Crippen LogP contribution is -2.40. The normalized spacial score (nSPS) is 22.5. The molecule has 6 nitrogen and oxygen atoms in total. The van der Waals surface area contributed by atoms with E-state index in [9.17, 15) is 14.4 Å². The molecule has 3 amide bonds. The van der Waals surface area contributed by atoms with E-state index in [1.807, 2.05) is 0 Å². The average molecular weight is 338 g/mol. The van der Waals surface area contributed by atoms with Crippen molar-refractivity contribution in [2.75, 3.05) is 13.1 Å². The fourth-order valence-electron chi connectivity index (χ4n) is 3.81. The maximum Gasteiger partial charge on any atom is 0.327 e. The van der Waals surface area contributed by atoms with E-state index >= 15 is 0 Å². The van der Waals surface area contributed by atoms with Gasteiger partial charge < -0.3 is 10.0 Å². The van der Waals surface area contributed by atoms with Crippen molar-refractivity contribution in [2.24, 2.45) is 5.92 Å². The number of nitrogens with zero attached hydrogens (tertiary/aromatic N) is 2. The predicted molar refractivity (Wildman–Crippen MR) is 90.6 cm³/mol. The standard InChI is InChI=1S/C18H30N2O4/c1-2-3-4-8-11-19-17(23)15(12-16(21)22)20(18(19)24)13-14-9-6-5-7-10-14/h14-15H,2-13H2,1H3,(H,21,22)/t15-/m0/s1. The summed E-state index contributed by atoms with van der Waals surface area (Å²) in [6.45, 7) is 3.05. The quantitative estimate of drug-likeness (QED) is 0.517. The van der Waals surface area contributed by atoms with Gasteiger partial charge in [0.1, 0.15) is 6.04 Å². The first-order valence-corrected chi connectivity index (χ1v) is 9.38. The summed E-state index contributed by atoms with van der Waals surface area (Å²) in [4.78, 5) is 39.2. The number of unbranched alkanes of at least 4 members (excludes halogenated alkanes) is 3. The first-order valence-electron chi connectivity index (χ1n) is 9.38.